The second kappa shape index (κ2) is 10.0. The number of nitrogens with zero attached hydrogens (tertiary/aromatic N) is 1. The van der Waals surface area contributed by atoms with Crippen LogP contribution in [-0.2, 0) is 4.79 Å². The first-order valence-corrected chi connectivity index (χ1v) is 8.38. The van der Waals surface area contributed by atoms with E-state index in [0.29, 0.717) is 11.3 Å². The van der Waals surface area contributed by atoms with E-state index in [2.05, 4.69) is 33.1 Å². The summed E-state index contributed by atoms with van der Waals surface area (Å²) in [5.74, 6) is 6.01. The summed E-state index contributed by atoms with van der Waals surface area (Å²) in [6, 6.07) is 13.3. The van der Waals surface area contributed by atoms with Crippen molar-refractivity contribution in [3.8, 4) is 17.6 Å². The molecule has 0 atom stereocenters. The van der Waals surface area contributed by atoms with Crippen molar-refractivity contribution in [1.82, 2.24) is 5.32 Å². The molecular formula is C19H15BrN2O4. The maximum atomic E-state index is 11.7. The molecule has 6 nitrogen and oxygen atoms in total. The highest BCUT2D eigenvalue weighted by molar-refractivity contribution is 9.10. The monoisotopic (exact) mass is 414 g/mol. The van der Waals surface area contributed by atoms with E-state index >= 15 is 0 Å². The molecule has 0 fully saturated rings. The minimum Gasteiger partial charge on any atom is -0.481 e. The average molecular weight is 415 g/mol. The molecule has 7 heteroatoms. The zero-order valence-electron chi connectivity index (χ0n) is 13.6. The van der Waals surface area contributed by atoms with Crippen LogP contribution in [0.3, 0.4) is 0 Å². The quantitative estimate of drug-likeness (QED) is 0.339. The summed E-state index contributed by atoms with van der Waals surface area (Å²) in [4.78, 5) is 21.8. The highest BCUT2D eigenvalue weighted by Crippen LogP contribution is 2.17. The van der Waals surface area contributed by atoms with Gasteiger partial charge in [0.2, 0.25) is 5.91 Å². The van der Waals surface area contributed by atoms with Crippen molar-refractivity contribution in [1.29, 1.82) is 0 Å². The number of hydrogen-bond acceptors (Lipinski definition) is 4. The number of non-ortho nitro benzene ring substituents is 1. The fourth-order valence-corrected chi connectivity index (χ4v) is 2.24. The van der Waals surface area contributed by atoms with Gasteiger partial charge in [-0.15, -0.1) is 0 Å². The Hall–Kier alpha value is -3.11. The van der Waals surface area contributed by atoms with Gasteiger partial charge in [0.1, 0.15) is 12.4 Å². The van der Waals surface area contributed by atoms with Crippen LogP contribution < -0.4 is 10.1 Å². The summed E-state index contributed by atoms with van der Waals surface area (Å²) in [5, 5.41) is 13.2. The molecule has 0 aromatic heterocycles. The van der Waals surface area contributed by atoms with Gasteiger partial charge in [-0.1, -0.05) is 33.8 Å². The smallest absolute Gasteiger partial charge is 0.269 e. The topological polar surface area (TPSA) is 81.5 Å². The molecule has 0 radical (unpaired) electrons. The molecule has 26 heavy (non-hydrogen) atoms. The Morgan fingerprint density at radius 3 is 2.69 bits per heavy atom. The SMILES string of the molecule is O=C(/C=C/c1ccc([N+](=O)[O-])cc1)NCC#CCOc1cccc(Br)c1. The van der Waals surface area contributed by atoms with Crippen LogP contribution in [0.1, 0.15) is 5.56 Å². The van der Waals surface area contributed by atoms with Crippen molar-refractivity contribution in [2.45, 2.75) is 0 Å². The fraction of sp³-hybridized carbons (Fsp3) is 0.105. The third-order valence-electron chi connectivity index (χ3n) is 3.11. The van der Waals surface area contributed by atoms with Crippen LogP contribution in [0.15, 0.2) is 59.1 Å². The number of benzene rings is 2. The Morgan fingerprint density at radius 1 is 1.23 bits per heavy atom. The number of nitrogens with one attached hydrogen (secondary N) is 1. The van der Waals surface area contributed by atoms with E-state index in [1.54, 1.807) is 18.2 Å². The van der Waals surface area contributed by atoms with Gasteiger partial charge >= 0.3 is 0 Å². The Balaban J connectivity index is 1.71. The number of nitro groups is 1. The van der Waals surface area contributed by atoms with Gasteiger partial charge in [-0.05, 0) is 42.0 Å². The highest BCUT2D eigenvalue weighted by atomic mass is 79.9. The van der Waals surface area contributed by atoms with Crippen LogP contribution >= 0.6 is 15.9 Å². The van der Waals surface area contributed by atoms with Crippen LogP contribution in [0.2, 0.25) is 0 Å². The molecule has 0 aliphatic rings. The maximum absolute atomic E-state index is 11.7. The molecule has 2 rings (SSSR count). The van der Waals surface area contributed by atoms with Crippen molar-refractivity contribution in [2.24, 2.45) is 0 Å². The summed E-state index contributed by atoms with van der Waals surface area (Å²) in [6.45, 7) is 0.427. The van der Waals surface area contributed by atoms with E-state index in [1.165, 1.54) is 18.2 Å². The zero-order valence-corrected chi connectivity index (χ0v) is 15.2. The van der Waals surface area contributed by atoms with Crippen LogP contribution in [-0.4, -0.2) is 24.0 Å². The molecule has 1 N–H and O–H groups in total. The van der Waals surface area contributed by atoms with Gasteiger partial charge in [-0.3, -0.25) is 14.9 Å². The van der Waals surface area contributed by atoms with Gasteiger partial charge in [-0.2, -0.15) is 0 Å². The lowest BCUT2D eigenvalue weighted by Gasteiger charge is -2.01. The Labute approximate surface area is 159 Å². The van der Waals surface area contributed by atoms with Gasteiger partial charge in [0.15, 0.2) is 0 Å². The maximum Gasteiger partial charge on any atom is 0.269 e. The first-order valence-electron chi connectivity index (χ1n) is 7.59. The normalized spacial score (nSPS) is 10.0. The van der Waals surface area contributed by atoms with E-state index in [1.807, 2.05) is 24.3 Å². The van der Waals surface area contributed by atoms with Crippen molar-refractivity contribution in [3.05, 3.63) is 74.8 Å². The van der Waals surface area contributed by atoms with E-state index < -0.39 is 4.92 Å². The number of carbonyl (C=O) groups is 1. The Kier molecular flexibility index (Phi) is 7.40. The van der Waals surface area contributed by atoms with E-state index in [9.17, 15) is 14.9 Å². The highest BCUT2D eigenvalue weighted by Gasteiger charge is 2.02. The van der Waals surface area contributed by atoms with E-state index in [0.717, 1.165) is 4.47 Å². The lowest BCUT2D eigenvalue weighted by molar-refractivity contribution is -0.384. The lowest BCUT2D eigenvalue weighted by Crippen LogP contribution is -2.21. The summed E-state index contributed by atoms with van der Waals surface area (Å²) in [6.07, 6.45) is 2.92. The summed E-state index contributed by atoms with van der Waals surface area (Å²) in [7, 11) is 0. The third-order valence-corrected chi connectivity index (χ3v) is 3.61. The number of halogens is 1. The van der Waals surface area contributed by atoms with Gasteiger partial charge in [0, 0.05) is 22.7 Å². The fourth-order valence-electron chi connectivity index (χ4n) is 1.86. The minimum atomic E-state index is -0.473. The molecule has 1 amide bonds. The molecule has 0 spiro atoms. The van der Waals surface area contributed by atoms with Gasteiger partial charge in [0.25, 0.3) is 5.69 Å². The Bertz CT molecular complexity index is 867. The van der Waals surface area contributed by atoms with Gasteiger partial charge in [0.05, 0.1) is 11.5 Å². The number of nitro benzene ring substituents is 1. The third kappa shape index (κ3) is 6.79. The lowest BCUT2D eigenvalue weighted by atomic mass is 10.2. The Morgan fingerprint density at radius 2 is 2.00 bits per heavy atom. The number of rotatable bonds is 6. The van der Waals surface area contributed by atoms with E-state index in [-0.39, 0.29) is 24.7 Å². The van der Waals surface area contributed by atoms with Crippen molar-refractivity contribution in [2.75, 3.05) is 13.2 Å². The number of carbonyl (C=O) groups excluding carboxylic acids is 1. The minimum absolute atomic E-state index is 0.00644. The molecule has 2 aromatic rings. The molecule has 0 saturated heterocycles. The molecule has 0 saturated carbocycles. The molecule has 0 aliphatic heterocycles. The van der Waals surface area contributed by atoms with Crippen molar-refractivity contribution < 1.29 is 14.5 Å². The summed E-state index contributed by atoms with van der Waals surface area (Å²) < 4.78 is 6.37. The largest absolute Gasteiger partial charge is 0.481 e. The van der Waals surface area contributed by atoms with Crippen LogP contribution in [0.25, 0.3) is 6.08 Å². The van der Waals surface area contributed by atoms with Crippen molar-refractivity contribution >= 4 is 33.6 Å². The second-order valence-electron chi connectivity index (χ2n) is 5.00. The first kappa shape index (κ1) is 19.2. The van der Waals surface area contributed by atoms with E-state index in [4.69, 9.17) is 4.74 Å². The predicted octanol–water partition coefficient (Wildman–Crippen LogP) is 3.57. The number of amides is 1. The van der Waals surface area contributed by atoms with Crippen LogP contribution in [0, 0.1) is 22.0 Å². The molecule has 0 unspecified atom stereocenters. The predicted molar refractivity (Wildman–Crippen MR) is 103 cm³/mol. The van der Waals surface area contributed by atoms with Crippen LogP contribution in [0.5, 0.6) is 5.75 Å². The first-order chi connectivity index (χ1) is 12.5. The molecule has 0 aliphatic carbocycles. The average Bonchev–Trinajstić information content (AvgIpc) is 2.63. The van der Waals surface area contributed by atoms with Crippen molar-refractivity contribution in [3.63, 3.8) is 0 Å². The number of hydrogen-bond donors (Lipinski definition) is 1. The summed E-state index contributed by atoms with van der Waals surface area (Å²) >= 11 is 3.35. The zero-order chi connectivity index (χ0) is 18.8. The second-order valence-corrected chi connectivity index (χ2v) is 5.92. The molecular weight excluding hydrogens is 400 g/mol. The molecule has 0 bridgehead atoms. The molecule has 2 aromatic carbocycles. The summed E-state index contributed by atoms with van der Waals surface area (Å²) in [5.41, 5.74) is 0.700. The number of ether oxygens (including phenoxy) is 1. The standard InChI is InChI=1S/C19H15BrN2O4/c20-16-4-3-5-18(14-16)26-13-2-1-12-21-19(23)11-8-15-6-9-17(10-7-15)22(24)25/h3-11,14H,12-13H2,(H,21,23)/b11-8+. The molecule has 0 heterocycles. The van der Waals surface area contributed by atoms with Gasteiger partial charge in [-0.25, -0.2) is 0 Å². The molecule has 132 valence electrons. The van der Waals surface area contributed by atoms with Gasteiger partial charge < -0.3 is 10.1 Å². The van der Waals surface area contributed by atoms with Crippen LogP contribution in [0.4, 0.5) is 5.69 Å².